The summed E-state index contributed by atoms with van der Waals surface area (Å²) in [5.41, 5.74) is 0.409. The number of nitrogens with zero attached hydrogens (tertiary/aromatic N) is 2. The van der Waals surface area contributed by atoms with E-state index in [0.29, 0.717) is 26.3 Å². The molecule has 0 aromatic heterocycles. The quantitative estimate of drug-likeness (QED) is 0.752. The van der Waals surface area contributed by atoms with Crippen LogP contribution in [0.3, 0.4) is 0 Å². The lowest BCUT2D eigenvalue weighted by atomic mass is 9.95. The summed E-state index contributed by atoms with van der Waals surface area (Å²) in [6.07, 6.45) is 1.37. The molecule has 0 saturated carbocycles. The van der Waals surface area contributed by atoms with Crippen molar-refractivity contribution in [3.63, 3.8) is 0 Å². The monoisotopic (exact) mass is 408 g/mol. The summed E-state index contributed by atoms with van der Waals surface area (Å²) in [6.45, 7) is 5.64. The van der Waals surface area contributed by atoms with Crippen LogP contribution in [-0.4, -0.2) is 68.1 Å². The number of rotatable bonds is 3. The number of carbonyl (C=O) groups is 2. The second kappa shape index (κ2) is 7.13. The zero-order valence-electron chi connectivity index (χ0n) is 16.0. The first-order valence-electron chi connectivity index (χ1n) is 9.56. The van der Waals surface area contributed by atoms with E-state index in [9.17, 15) is 18.0 Å². The lowest BCUT2D eigenvalue weighted by Crippen LogP contribution is -2.41. The number of hydrogen-bond donors (Lipinski definition) is 0. The van der Waals surface area contributed by atoms with Crippen LogP contribution < -0.4 is 0 Å². The molecule has 1 aromatic rings. The highest BCUT2D eigenvalue weighted by molar-refractivity contribution is 7.90. The minimum absolute atomic E-state index is 0.0836. The van der Waals surface area contributed by atoms with Gasteiger partial charge in [-0.1, -0.05) is 0 Å². The average Bonchev–Trinajstić information content (AvgIpc) is 3.27. The second-order valence-corrected chi connectivity index (χ2v) is 9.43. The SMILES string of the molecule is CC(C)N1C(=O)c2ccc(C(=O)N3CCC(C4OCCO4)CC3)cc2S1(=O)=O. The molecule has 2 amide bonds. The largest absolute Gasteiger partial charge is 0.350 e. The molecule has 3 heterocycles. The predicted molar refractivity (Wildman–Crippen MR) is 99.3 cm³/mol. The fraction of sp³-hybridized carbons (Fsp3) is 0.579. The lowest BCUT2D eigenvalue weighted by molar-refractivity contribution is -0.0956. The molecule has 152 valence electrons. The van der Waals surface area contributed by atoms with E-state index < -0.39 is 22.0 Å². The molecular weight excluding hydrogens is 384 g/mol. The predicted octanol–water partition coefficient (Wildman–Crippen LogP) is 1.46. The van der Waals surface area contributed by atoms with Crippen molar-refractivity contribution in [1.82, 2.24) is 9.21 Å². The van der Waals surface area contributed by atoms with Gasteiger partial charge in [0.1, 0.15) is 4.90 Å². The summed E-state index contributed by atoms with van der Waals surface area (Å²) in [5, 5.41) is 0. The smallest absolute Gasteiger partial charge is 0.269 e. The van der Waals surface area contributed by atoms with Crippen LogP contribution in [0.25, 0.3) is 0 Å². The van der Waals surface area contributed by atoms with E-state index >= 15 is 0 Å². The molecule has 3 aliphatic rings. The van der Waals surface area contributed by atoms with Crippen molar-refractivity contribution in [1.29, 1.82) is 0 Å². The maximum absolute atomic E-state index is 12.9. The summed E-state index contributed by atoms with van der Waals surface area (Å²) >= 11 is 0. The first-order chi connectivity index (χ1) is 13.3. The van der Waals surface area contributed by atoms with Crippen LogP contribution in [0.4, 0.5) is 0 Å². The Balaban J connectivity index is 1.52. The number of carbonyl (C=O) groups excluding carboxylic acids is 2. The number of benzene rings is 1. The molecule has 0 unspecified atom stereocenters. The highest BCUT2D eigenvalue weighted by Gasteiger charge is 2.43. The van der Waals surface area contributed by atoms with Gasteiger partial charge in [-0.2, -0.15) is 0 Å². The molecule has 2 saturated heterocycles. The maximum atomic E-state index is 12.9. The van der Waals surface area contributed by atoms with Crippen LogP contribution in [-0.2, 0) is 19.5 Å². The molecule has 8 nitrogen and oxygen atoms in total. The van der Waals surface area contributed by atoms with Gasteiger partial charge in [-0.15, -0.1) is 0 Å². The van der Waals surface area contributed by atoms with Crippen LogP contribution in [0.5, 0.6) is 0 Å². The minimum Gasteiger partial charge on any atom is -0.350 e. The Morgan fingerprint density at radius 2 is 1.79 bits per heavy atom. The normalized spacial score (nSPS) is 22.9. The Hall–Kier alpha value is -1.97. The molecule has 1 aromatic carbocycles. The van der Waals surface area contributed by atoms with Gasteiger partial charge in [-0.3, -0.25) is 9.59 Å². The molecule has 2 fully saturated rings. The van der Waals surface area contributed by atoms with Crippen molar-refractivity contribution in [3.05, 3.63) is 29.3 Å². The third-order valence-electron chi connectivity index (χ3n) is 5.52. The van der Waals surface area contributed by atoms with Crippen molar-refractivity contribution in [2.24, 2.45) is 5.92 Å². The van der Waals surface area contributed by atoms with Gasteiger partial charge in [0, 0.05) is 30.6 Å². The van der Waals surface area contributed by atoms with Crippen LogP contribution in [0.2, 0.25) is 0 Å². The van der Waals surface area contributed by atoms with Crippen LogP contribution >= 0.6 is 0 Å². The number of sulfonamides is 1. The summed E-state index contributed by atoms with van der Waals surface area (Å²) in [5.74, 6) is -0.495. The summed E-state index contributed by atoms with van der Waals surface area (Å²) in [4.78, 5) is 27.0. The molecule has 0 aliphatic carbocycles. The number of hydrogen-bond acceptors (Lipinski definition) is 6. The first-order valence-corrected chi connectivity index (χ1v) is 11.0. The summed E-state index contributed by atoms with van der Waals surface area (Å²) in [7, 11) is -3.92. The molecule has 0 atom stereocenters. The third-order valence-corrected chi connectivity index (χ3v) is 7.52. The molecule has 4 rings (SSSR count). The van der Waals surface area contributed by atoms with E-state index in [1.165, 1.54) is 18.2 Å². The summed E-state index contributed by atoms with van der Waals surface area (Å²) in [6, 6.07) is 3.83. The number of likely N-dealkylation sites (tertiary alicyclic amines) is 1. The number of fused-ring (bicyclic) bond motifs is 1. The van der Waals surface area contributed by atoms with Gasteiger partial charge in [0.25, 0.3) is 21.8 Å². The van der Waals surface area contributed by atoms with Crippen LogP contribution in [0.15, 0.2) is 23.1 Å². The summed E-state index contributed by atoms with van der Waals surface area (Å²) < 4.78 is 37.4. The molecule has 0 bridgehead atoms. The molecule has 3 aliphatic heterocycles. The van der Waals surface area contributed by atoms with Gasteiger partial charge >= 0.3 is 0 Å². The van der Waals surface area contributed by atoms with E-state index in [-0.39, 0.29) is 34.1 Å². The van der Waals surface area contributed by atoms with Crippen molar-refractivity contribution in [2.45, 2.75) is 43.9 Å². The van der Waals surface area contributed by atoms with Crippen molar-refractivity contribution < 1.29 is 27.5 Å². The van der Waals surface area contributed by atoms with Gasteiger partial charge in [-0.05, 0) is 44.9 Å². The molecular formula is C19H24N2O6S. The molecule has 9 heteroatoms. The first kappa shape index (κ1) is 19.4. The fourth-order valence-electron chi connectivity index (χ4n) is 4.10. The zero-order chi connectivity index (χ0) is 20.1. The highest BCUT2D eigenvalue weighted by atomic mass is 32.2. The molecule has 0 radical (unpaired) electrons. The Bertz CT molecular complexity index is 899. The van der Waals surface area contributed by atoms with Crippen molar-refractivity contribution >= 4 is 21.8 Å². The fourth-order valence-corrected chi connectivity index (χ4v) is 5.89. The zero-order valence-corrected chi connectivity index (χ0v) is 16.8. The third kappa shape index (κ3) is 3.11. The van der Waals surface area contributed by atoms with E-state index in [1.807, 2.05) is 0 Å². The maximum Gasteiger partial charge on any atom is 0.269 e. The van der Waals surface area contributed by atoms with Gasteiger partial charge in [-0.25, -0.2) is 12.7 Å². The average molecular weight is 408 g/mol. The Morgan fingerprint density at radius 1 is 1.14 bits per heavy atom. The van der Waals surface area contributed by atoms with Gasteiger partial charge < -0.3 is 14.4 Å². The van der Waals surface area contributed by atoms with E-state index in [4.69, 9.17) is 9.47 Å². The van der Waals surface area contributed by atoms with Gasteiger partial charge in [0.2, 0.25) is 0 Å². The van der Waals surface area contributed by atoms with Crippen LogP contribution in [0.1, 0.15) is 47.4 Å². The van der Waals surface area contributed by atoms with E-state index in [0.717, 1.165) is 17.1 Å². The molecule has 28 heavy (non-hydrogen) atoms. The Kier molecular flexibility index (Phi) is 4.93. The topological polar surface area (TPSA) is 93.2 Å². The Labute approximate surface area is 164 Å². The number of amides is 2. The number of ether oxygens (including phenoxy) is 2. The highest BCUT2D eigenvalue weighted by Crippen LogP contribution is 2.33. The Morgan fingerprint density at radius 3 is 2.39 bits per heavy atom. The van der Waals surface area contributed by atoms with Crippen molar-refractivity contribution in [3.8, 4) is 0 Å². The van der Waals surface area contributed by atoms with Crippen LogP contribution in [0, 0.1) is 5.92 Å². The molecule has 0 spiro atoms. The molecule has 0 N–H and O–H groups in total. The van der Waals surface area contributed by atoms with Gasteiger partial charge in [0.05, 0.1) is 18.8 Å². The number of piperidine rings is 1. The van der Waals surface area contributed by atoms with Gasteiger partial charge in [0.15, 0.2) is 6.29 Å². The second-order valence-electron chi connectivity index (χ2n) is 7.65. The lowest BCUT2D eigenvalue weighted by Gasteiger charge is -2.33. The van der Waals surface area contributed by atoms with Crippen molar-refractivity contribution in [2.75, 3.05) is 26.3 Å². The van der Waals surface area contributed by atoms with E-state index in [1.54, 1.807) is 18.7 Å². The standard InChI is InChI=1S/C19H24N2O6S/c1-12(2)21-18(23)15-4-3-14(11-16(15)28(21,24)25)17(22)20-7-5-13(6-8-20)19-26-9-10-27-19/h3-4,11-13,19H,5-10H2,1-2H3. The van der Waals surface area contributed by atoms with E-state index in [2.05, 4.69) is 0 Å². The minimum atomic E-state index is -3.92.